The van der Waals surface area contributed by atoms with Crippen LogP contribution in [0.5, 0.6) is 0 Å². The van der Waals surface area contributed by atoms with Crippen LogP contribution in [0.2, 0.25) is 0 Å². The maximum absolute atomic E-state index is 12.4. The SMILES string of the molecule is Cc1nccn1CC(=O)N[C@H](C)CNC(=O)C1CCC(C(C)(C)C)CC1. The molecule has 6 nitrogen and oxygen atoms in total. The molecule has 2 N–H and O–H groups in total. The number of aromatic nitrogens is 2. The Kier molecular flexibility index (Phi) is 6.84. The molecular formula is C20H34N4O2. The van der Waals surface area contributed by atoms with Gasteiger partial charge >= 0.3 is 0 Å². The van der Waals surface area contributed by atoms with Crippen LogP contribution in [-0.4, -0.2) is 34.0 Å². The molecule has 1 saturated carbocycles. The zero-order valence-electron chi connectivity index (χ0n) is 16.8. The minimum atomic E-state index is -0.0961. The highest BCUT2D eigenvalue weighted by molar-refractivity contribution is 5.79. The monoisotopic (exact) mass is 362 g/mol. The summed E-state index contributed by atoms with van der Waals surface area (Å²) in [6, 6.07) is -0.0961. The highest BCUT2D eigenvalue weighted by atomic mass is 16.2. The summed E-state index contributed by atoms with van der Waals surface area (Å²) in [6.45, 7) is 11.4. The fourth-order valence-electron chi connectivity index (χ4n) is 3.72. The van der Waals surface area contributed by atoms with E-state index >= 15 is 0 Å². The van der Waals surface area contributed by atoms with Crippen molar-refractivity contribution in [3.8, 4) is 0 Å². The molecule has 0 saturated heterocycles. The van der Waals surface area contributed by atoms with Gasteiger partial charge in [0.15, 0.2) is 0 Å². The number of imidazole rings is 1. The molecule has 2 rings (SSSR count). The number of carbonyl (C=O) groups is 2. The number of nitrogens with one attached hydrogen (secondary N) is 2. The van der Waals surface area contributed by atoms with Crippen LogP contribution in [0, 0.1) is 24.2 Å². The van der Waals surface area contributed by atoms with Crippen molar-refractivity contribution in [2.45, 2.75) is 72.9 Å². The van der Waals surface area contributed by atoms with Crippen LogP contribution in [-0.2, 0) is 16.1 Å². The van der Waals surface area contributed by atoms with Gasteiger partial charge in [0.25, 0.3) is 0 Å². The third-order valence-corrected chi connectivity index (χ3v) is 5.55. The lowest BCUT2D eigenvalue weighted by Gasteiger charge is -2.36. The van der Waals surface area contributed by atoms with E-state index in [0.29, 0.717) is 17.9 Å². The molecule has 0 spiro atoms. The number of hydrogen-bond acceptors (Lipinski definition) is 3. The Bertz CT molecular complexity index is 610. The zero-order chi connectivity index (χ0) is 19.3. The Morgan fingerprint density at radius 2 is 1.92 bits per heavy atom. The van der Waals surface area contributed by atoms with E-state index < -0.39 is 0 Å². The Morgan fingerprint density at radius 1 is 1.27 bits per heavy atom. The van der Waals surface area contributed by atoms with Crippen molar-refractivity contribution in [3.05, 3.63) is 18.2 Å². The fourth-order valence-corrected chi connectivity index (χ4v) is 3.72. The van der Waals surface area contributed by atoms with Gasteiger partial charge in [0.1, 0.15) is 12.4 Å². The van der Waals surface area contributed by atoms with Crippen LogP contribution >= 0.6 is 0 Å². The molecule has 1 aliphatic rings. The van der Waals surface area contributed by atoms with E-state index in [1.54, 1.807) is 17.0 Å². The second kappa shape index (κ2) is 8.69. The smallest absolute Gasteiger partial charge is 0.240 e. The molecule has 26 heavy (non-hydrogen) atoms. The maximum atomic E-state index is 12.4. The van der Waals surface area contributed by atoms with Gasteiger partial charge in [-0.15, -0.1) is 0 Å². The van der Waals surface area contributed by atoms with Crippen molar-refractivity contribution in [2.75, 3.05) is 6.54 Å². The van der Waals surface area contributed by atoms with E-state index in [0.717, 1.165) is 31.5 Å². The fraction of sp³-hybridized carbons (Fsp3) is 0.750. The first-order chi connectivity index (χ1) is 12.2. The molecule has 6 heteroatoms. The lowest BCUT2D eigenvalue weighted by atomic mass is 9.69. The summed E-state index contributed by atoms with van der Waals surface area (Å²) >= 11 is 0. The average Bonchev–Trinajstić information content (AvgIpc) is 2.96. The molecular weight excluding hydrogens is 328 g/mol. The Balaban J connectivity index is 1.69. The lowest BCUT2D eigenvalue weighted by molar-refractivity contribution is -0.127. The standard InChI is InChI=1S/C20H34N4O2/c1-14(23-18(25)13-24-11-10-21-15(24)2)12-22-19(26)16-6-8-17(9-7-16)20(3,4)5/h10-11,14,16-17H,6-9,12-13H2,1-5H3,(H,22,26)(H,23,25)/t14-,16?,17?/m1/s1. The van der Waals surface area contributed by atoms with Gasteiger partial charge < -0.3 is 15.2 Å². The van der Waals surface area contributed by atoms with Crippen molar-refractivity contribution in [2.24, 2.45) is 17.3 Å². The van der Waals surface area contributed by atoms with E-state index in [4.69, 9.17) is 0 Å². The lowest BCUT2D eigenvalue weighted by Crippen LogP contribution is -2.45. The summed E-state index contributed by atoms with van der Waals surface area (Å²) in [6.07, 6.45) is 7.65. The van der Waals surface area contributed by atoms with E-state index in [2.05, 4.69) is 36.4 Å². The first-order valence-corrected chi connectivity index (χ1v) is 9.71. The van der Waals surface area contributed by atoms with Gasteiger partial charge in [-0.05, 0) is 50.9 Å². The van der Waals surface area contributed by atoms with E-state index in [1.165, 1.54) is 0 Å². The Morgan fingerprint density at radius 3 is 2.46 bits per heavy atom. The number of rotatable bonds is 6. The topological polar surface area (TPSA) is 76.0 Å². The first-order valence-electron chi connectivity index (χ1n) is 9.71. The quantitative estimate of drug-likeness (QED) is 0.817. The largest absolute Gasteiger partial charge is 0.354 e. The molecule has 0 bridgehead atoms. The Hall–Kier alpha value is -1.85. The molecule has 1 atom stereocenters. The van der Waals surface area contributed by atoms with Gasteiger partial charge in [-0.25, -0.2) is 4.98 Å². The Labute approximate surface area is 157 Å². The molecule has 1 heterocycles. The molecule has 0 aliphatic heterocycles. The second-order valence-electron chi connectivity index (χ2n) is 8.73. The third-order valence-electron chi connectivity index (χ3n) is 5.55. The van der Waals surface area contributed by atoms with Gasteiger partial charge in [0, 0.05) is 30.9 Å². The third kappa shape index (κ3) is 5.85. The van der Waals surface area contributed by atoms with Gasteiger partial charge in [0.05, 0.1) is 0 Å². The molecule has 146 valence electrons. The van der Waals surface area contributed by atoms with Gasteiger partial charge in [0.2, 0.25) is 11.8 Å². The summed E-state index contributed by atoms with van der Waals surface area (Å²) in [4.78, 5) is 28.6. The highest BCUT2D eigenvalue weighted by Crippen LogP contribution is 2.39. The first kappa shape index (κ1) is 20.5. The zero-order valence-corrected chi connectivity index (χ0v) is 16.8. The molecule has 0 aromatic carbocycles. The molecule has 0 radical (unpaired) electrons. The number of amides is 2. The summed E-state index contributed by atoms with van der Waals surface area (Å²) in [5.74, 6) is 1.69. The van der Waals surface area contributed by atoms with Crippen LogP contribution in [0.25, 0.3) is 0 Å². The number of carbonyl (C=O) groups excluding carboxylic acids is 2. The summed E-state index contributed by atoms with van der Waals surface area (Å²) in [5.41, 5.74) is 0.327. The molecule has 1 aromatic rings. The molecule has 1 fully saturated rings. The van der Waals surface area contributed by atoms with Crippen molar-refractivity contribution in [1.82, 2.24) is 20.2 Å². The van der Waals surface area contributed by atoms with Crippen LogP contribution < -0.4 is 10.6 Å². The van der Waals surface area contributed by atoms with Crippen molar-refractivity contribution in [1.29, 1.82) is 0 Å². The maximum Gasteiger partial charge on any atom is 0.240 e. The molecule has 0 unspecified atom stereocenters. The van der Waals surface area contributed by atoms with E-state index in [9.17, 15) is 9.59 Å². The van der Waals surface area contributed by atoms with E-state index in [-0.39, 0.29) is 30.3 Å². The minimum Gasteiger partial charge on any atom is -0.354 e. The van der Waals surface area contributed by atoms with Crippen molar-refractivity contribution in [3.63, 3.8) is 0 Å². The summed E-state index contributed by atoms with van der Waals surface area (Å²) in [7, 11) is 0. The predicted molar refractivity (Wildman–Crippen MR) is 102 cm³/mol. The number of hydrogen-bond donors (Lipinski definition) is 2. The van der Waals surface area contributed by atoms with Gasteiger partial charge in [-0.1, -0.05) is 20.8 Å². The molecule has 1 aliphatic carbocycles. The normalized spacial score (nSPS) is 21.9. The number of nitrogens with zero attached hydrogens (tertiary/aromatic N) is 2. The van der Waals surface area contributed by atoms with Crippen LogP contribution in [0.4, 0.5) is 0 Å². The van der Waals surface area contributed by atoms with Crippen molar-refractivity contribution < 1.29 is 9.59 Å². The highest BCUT2D eigenvalue weighted by Gasteiger charge is 2.32. The predicted octanol–water partition coefficient (Wildman–Crippen LogP) is 2.66. The van der Waals surface area contributed by atoms with Gasteiger partial charge in [-0.3, -0.25) is 9.59 Å². The number of aryl methyl sites for hydroxylation is 1. The minimum absolute atomic E-state index is 0.0708. The average molecular weight is 363 g/mol. The van der Waals surface area contributed by atoms with E-state index in [1.807, 2.05) is 13.8 Å². The van der Waals surface area contributed by atoms with Crippen LogP contribution in [0.1, 0.15) is 59.2 Å². The summed E-state index contributed by atoms with van der Waals surface area (Å²) < 4.78 is 1.80. The van der Waals surface area contributed by atoms with Crippen molar-refractivity contribution >= 4 is 11.8 Å². The van der Waals surface area contributed by atoms with Crippen LogP contribution in [0.3, 0.4) is 0 Å². The second-order valence-corrected chi connectivity index (χ2v) is 8.73. The van der Waals surface area contributed by atoms with Gasteiger partial charge in [-0.2, -0.15) is 0 Å². The van der Waals surface area contributed by atoms with Crippen LogP contribution in [0.15, 0.2) is 12.4 Å². The molecule has 1 aromatic heterocycles. The molecule has 2 amide bonds. The summed E-state index contributed by atoms with van der Waals surface area (Å²) in [5, 5.41) is 5.94.